The molecule has 0 aliphatic heterocycles. The summed E-state index contributed by atoms with van der Waals surface area (Å²) in [5.41, 5.74) is -0.810. The van der Waals surface area contributed by atoms with Crippen LogP contribution in [0.4, 0.5) is 4.79 Å². The van der Waals surface area contributed by atoms with Crippen LogP contribution in [-0.2, 0) is 23.8 Å². The highest BCUT2D eigenvalue weighted by molar-refractivity contribution is 8.13. The molecular formula is C12H20O6S. The molecule has 110 valence electrons. The summed E-state index contributed by atoms with van der Waals surface area (Å²) in [7, 11) is 0. The molecule has 19 heavy (non-hydrogen) atoms. The van der Waals surface area contributed by atoms with E-state index in [1.54, 1.807) is 34.6 Å². The van der Waals surface area contributed by atoms with Gasteiger partial charge in [-0.15, -0.1) is 0 Å². The van der Waals surface area contributed by atoms with Crippen molar-refractivity contribution >= 4 is 29.0 Å². The standard InChI is InChI=1S/C12H20O6S/c1-6-16-8(13)9(18-11(15)19-7-2)17-10(14)12(3,4)5/h9H,6-7H2,1-5H3. The molecule has 0 aromatic heterocycles. The Kier molecular flexibility index (Phi) is 7.51. The van der Waals surface area contributed by atoms with Gasteiger partial charge in [-0.05, 0) is 39.5 Å². The van der Waals surface area contributed by atoms with Gasteiger partial charge >= 0.3 is 23.5 Å². The molecule has 0 aliphatic carbocycles. The Labute approximate surface area is 117 Å². The maximum Gasteiger partial charge on any atom is 0.389 e. The first-order valence-electron chi connectivity index (χ1n) is 5.93. The van der Waals surface area contributed by atoms with Gasteiger partial charge < -0.3 is 14.2 Å². The van der Waals surface area contributed by atoms with Crippen molar-refractivity contribution in [1.29, 1.82) is 0 Å². The van der Waals surface area contributed by atoms with Crippen LogP contribution in [-0.4, -0.2) is 35.9 Å². The van der Waals surface area contributed by atoms with Gasteiger partial charge in [-0.3, -0.25) is 4.79 Å². The van der Waals surface area contributed by atoms with E-state index >= 15 is 0 Å². The number of esters is 2. The van der Waals surface area contributed by atoms with E-state index < -0.39 is 28.9 Å². The quantitative estimate of drug-likeness (QED) is 0.568. The number of rotatable bonds is 5. The van der Waals surface area contributed by atoms with Gasteiger partial charge in [0.1, 0.15) is 0 Å². The smallest absolute Gasteiger partial charge is 0.389 e. The minimum Gasteiger partial charge on any atom is -0.460 e. The normalized spacial score (nSPS) is 12.5. The van der Waals surface area contributed by atoms with Crippen molar-refractivity contribution in [2.75, 3.05) is 12.4 Å². The Hall–Kier alpha value is -1.24. The van der Waals surface area contributed by atoms with Gasteiger partial charge in [0.05, 0.1) is 12.0 Å². The summed E-state index contributed by atoms with van der Waals surface area (Å²) in [6.07, 6.45) is -1.65. The van der Waals surface area contributed by atoms with Gasteiger partial charge in [0.2, 0.25) is 0 Å². The summed E-state index contributed by atoms with van der Waals surface area (Å²) >= 11 is 0.869. The molecule has 0 saturated carbocycles. The van der Waals surface area contributed by atoms with Crippen LogP contribution in [0.3, 0.4) is 0 Å². The predicted octanol–water partition coefficient (Wildman–Crippen LogP) is 2.35. The molecule has 6 nitrogen and oxygen atoms in total. The largest absolute Gasteiger partial charge is 0.460 e. The summed E-state index contributed by atoms with van der Waals surface area (Å²) in [4.78, 5) is 34.6. The van der Waals surface area contributed by atoms with E-state index in [2.05, 4.69) is 0 Å². The topological polar surface area (TPSA) is 78.9 Å². The van der Waals surface area contributed by atoms with E-state index in [-0.39, 0.29) is 6.61 Å². The maximum absolute atomic E-state index is 11.7. The lowest BCUT2D eigenvalue weighted by Crippen LogP contribution is -2.36. The molecule has 0 spiro atoms. The zero-order chi connectivity index (χ0) is 15.1. The maximum atomic E-state index is 11.7. The van der Waals surface area contributed by atoms with Gasteiger partial charge in [0.15, 0.2) is 0 Å². The molecule has 0 N–H and O–H groups in total. The molecule has 0 saturated heterocycles. The third kappa shape index (κ3) is 7.05. The minimum atomic E-state index is -1.65. The summed E-state index contributed by atoms with van der Waals surface area (Å²) in [6, 6.07) is 0. The second-order valence-corrected chi connectivity index (χ2v) is 5.74. The van der Waals surface area contributed by atoms with Crippen LogP contribution in [0.15, 0.2) is 0 Å². The number of carbonyl (C=O) groups is 3. The van der Waals surface area contributed by atoms with E-state index in [1.165, 1.54) is 0 Å². The number of hydrogen-bond acceptors (Lipinski definition) is 7. The van der Waals surface area contributed by atoms with Crippen LogP contribution in [0.25, 0.3) is 0 Å². The van der Waals surface area contributed by atoms with Gasteiger partial charge in [0, 0.05) is 5.75 Å². The fraction of sp³-hybridized carbons (Fsp3) is 0.750. The Morgan fingerprint density at radius 2 is 1.68 bits per heavy atom. The zero-order valence-electron chi connectivity index (χ0n) is 11.8. The lowest BCUT2D eigenvalue weighted by Gasteiger charge is -2.21. The molecule has 1 unspecified atom stereocenters. The van der Waals surface area contributed by atoms with Crippen LogP contribution in [0.1, 0.15) is 34.6 Å². The van der Waals surface area contributed by atoms with Crippen LogP contribution in [0, 0.1) is 5.41 Å². The third-order valence-electron chi connectivity index (χ3n) is 1.77. The highest BCUT2D eigenvalue weighted by Gasteiger charge is 2.33. The molecule has 0 rings (SSSR count). The highest BCUT2D eigenvalue weighted by atomic mass is 32.2. The average Bonchev–Trinajstić information content (AvgIpc) is 2.27. The van der Waals surface area contributed by atoms with E-state index in [1.807, 2.05) is 0 Å². The fourth-order valence-electron chi connectivity index (χ4n) is 0.844. The first kappa shape index (κ1) is 17.8. The molecule has 0 fully saturated rings. The van der Waals surface area contributed by atoms with Gasteiger partial charge in [-0.25, -0.2) is 9.59 Å². The van der Waals surface area contributed by atoms with E-state index in [9.17, 15) is 14.4 Å². The second-order valence-electron chi connectivity index (χ2n) is 4.54. The van der Waals surface area contributed by atoms with Crippen molar-refractivity contribution in [3.8, 4) is 0 Å². The second kappa shape index (κ2) is 8.04. The number of thioether (sulfide) groups is 1. The third-order valence-corrected chi connectivity index (χ3v) is 2.39. The number of carbonyl (C=O) groups excluding carboxylic acids is 3. The summed E-state index contributed by atoms with van der Waals surface area (Å²) in [5.74, 6) is -1.06. The van der Waals surface area contributed by atoms with Crippen LogP contribution in [0.2, 0.25) is 0 Å². The lowest BCUT2D eigenvalue weighted by atomic mass is 9.97. The Balaban J connectivity index is 4.72. The molecule has 0 aromatic carbocycles. The molecular weight excluding hydrogens is 272 g/mol. The van der Waals surface area contributed by atoms with Crippen molar-refractivity contribution in [3.05, 3.63) is 0 Å². The molecule has 0 aromatic rings. The molecule has 0 amide bonds. The molecule has 0 bridgehead atoms. The molecule has 0 heterocycles. The Morgan fingerprint density at radius 1 is 1.11 bits per heavy atom. The van der Waals surface area contributed by atoms with E-state index in [4.69, 9.17) is 14.2 Å². The monoisotopic (exact) mass is 292 g/mol. The van der Waals surface area contributed by atoms with Gasteiger partial charge in [-0.1, -0.05) is 6.92 Å². The fourth-order valence-corrected chi connectivity index (χ4v) is 1.23. The Bertz CT molecular complexity index is 334. The van der Waals surface area contributed by atoms with E-state index in [0.29, 0.717) is 5.75 Å². The minimum absolute atomic E-state index is 0.0981. The van der Waals surface area contributed by atoms with Gasteiger partial charge in [0.25, 0.3) is 0 Å². The summed E-state index contributed by atoms with van der Waals surface area (Å²) in [6.45, 7) is 8.33. The van der Waals surface area contributed by atoms with Crippen molar-refractivity contribution < 1.29 is 28.6 Å². The molecule has 7 heteroatoms. The van der Waals surface area contributed by atoms with Crippen LogP contribution < -0.4 is 0 Å². The predicted molar refractivity (Wildman–Crippen MR) is 70.6 cm³/mol. The summed E-state index contributed by atoms with van der Waals surface area (Å²) < 4.78 is 14.3. The summed E-state index contributed by atoms with van der Waals surface area (Å²) in [5, 5.41) is -0.692. The zero-order valence-corrected chi connectivity index (χ0v) is 12.7. The van der Waals surface area contributed by atoms with Crippen LogP contribution >= 0.6 is 11.8 Å². The van der Waals surface area contributed by atoms with Crippen molar-refractivity contribution in [1.82, 2.24) is 0 Å². The number of hydrogen-bond donors (Lipinski definition) is 0. The SMILES string of the molecule is CCOC(=O)C(OC(=O)SCC)OC(=O)C(C)(C)C. The number of ether oxygens (including phenoxy) is 3. The molecule has 0 radical (unpaired) electrons. The van der Waals surface area contributed by atoms with Crippen molar-refractivity contribution in [2.24, 2.45) is 5.41 Å². The highest BCUT2D eigenvalue weighted by Crippen LogP contribution is 2.18. The van der Waals surface area contributed by atoms with Crippen LogP contribution in [0.5, 0.6) is 0 Å². The van der Waals surface area contributed by atoms with Gasteiger partial charge in [-0.2, -0.15) is 0 Å². The first-order chi connectivity index (χ1) is 8.72. The molecule has 0 aliphatic rings. The Morgan fingerprint density at radius 3 is 2.11 bits per heavy atom. The van der Waals surface area contributed by atoms with E-state index in [0.717, 1.165) is 11.8 Å². The van der Waals surface area contributed by atoms with Crippen molar-refractivity contribution in [3.63, 3.8) is 0 Å². The lowest BCUT2D eigenvalue weighted by molar-refractivity contribution is -0.194. The van der Waals surface area contributed by atoms with Crippen molar-refractivity contribution in [2.45, 2.75) is 40.9 Å². The average molecular weight is 292 g/mol. The molecule has 1 atom stereocenters. The first-order valence-corrected chi connectivity index (χ1v) is 6.92.